The number of aromatic nitrogens is 2. The minimum Gasteiger partial charge on any atom is -0.354 e. The van der Waals surface area contributed by atoms with Gasteiger partial charge in [-0.2, -0.15) is 0 Å². The van der Waals surface area contributed by atoms with Crippen molar-refractivity contribution in [2.75, 3.05) is 24.5 Å². The van der Waals surface area contributed by atoms with Gasteiger partial charge < -0.3 is 10.2 Å². The first-order chi connectivity index (χ1) is 12.3. The quantitative estimate of drug-likeness (QED) is 0.935. The average molecular weight is 336 g/mol. The summed E-state index contributed by atoms with van der Waals surface area (Å²) < 4.78 is 0. The number of benzene rings is 1. The van der Waals surface area contributed by atoms with E-state index < -0.39 is 0 Å². The van der Waals surface area contributed by atoms with Gasteiger partial charge in [-0.05, 0) is 44.7 Å². The van der Waals surface area contributed by atoms with Crippen LogP contribution in [0.4, 0.5) is 5.82 Å². The second-order valence-corrected chi connectivity index (χ2v) is 7.34. The predicted molar refractivity (Wildman–Crippen MR) is 102 cm³/mol. The molecule has 1 fully saturated rings. The third kappa shape index (κ3) is 3.69. The lowest BCUT2D eigenvalue weighted by molar-refractivity contribution is 0.478. The standard InChI is InChI=1S/C21H28N4/c1-16-7-5-6-14-25(16)21-18-10-12-22-13-11-19(18)23-20(24-21)15-17-8-3-2-4-9-17/h2-4,8-9,16,22H,5-7,10-15H2,1H3. The Hall–Kier alpha value is -1.94. The van der Waals surface area contributed by atoms with E-state index in [-0.39, 0.29) is 0 Å². The molecule has 3 heterocycles. The number of nitrogens with zero attached hydrogens (tertiary/aromatic N) is 3. The largest absolute Gasteiger partial charge is 0.354 e. The van der Waals surface area contributed by atoms with Crippen molar-refractivity contribution >= 4 is 5.82 Å². The van der Waals surface area contributed by atoms with Crippen LogP contribution in [0.3, 0.4) is 0 Å². The molecule has 0 amide bonds. The van der Waals surface area contributed by atoms with Crippen LogP contribution in [0.1, 0.15) is 48.8 Å². The van der Waals surface area contributed by atoms with Gasteiger partial charge in [0.25, 0.3) is 0 Å². The highest BCUT2D eigenvalue weighted by atomic mass is 15.2. The Morgan fingerprint density at radius 2 is 1.92 bits per heavy atom. The topological polar surface area (TPSA) is 41.1 Å². The van der Waals surface area contributed by atoms with Crippen molar-refractivity contribution in [3.05, 3.63) is 53.0 Å². The molecule has 1 aromatic heterocycles. The molecule has 2 aromatic rings. The molecule has 25 heavy (non-hydrogen) atoms. The molecule has 0 bridgehead atoms. The smallest absolute Gasteiger partial charge is 0.136 e. The lowest BCUT2D eigenvalue weighted by atomic mass is 10.0. The zero-order valence-corrected chi connectivity index (χ0v) is 15.2. The molecule has 4 nitrogen and oxygen atoms in total. The van der Waals surface area contributed by atoms with E-state index in [0.29, 0.717) is 6.04 Å². The summed E-state index contributed by atoms with van der Waals surface area (Å²) in [4.78, 5) is 12.6. The van der Waals surface area contributed by atoms with Gasteiger partial charge in [-0.3, -0.25) is 0 Å². The maximum Gasteiger partial charge on any atom is 0.136 e. The Morgan fingerprint density at radius 3 is 2.76 bits per heavy atom. The van der Waals surface area contributed by atoms with Crippen molar-refractivity contribution in [1.82, 2.24) is 15.3 Å². The van der Waals surface area contributed by atoms with E-state index in [1.165, 1.54) is 41.9 Å². The van der Waals surface area contributed by atoms with Crippen LogP contribution in [0.2, 0.25) is 0 Å². The van der Waals surface area contributed by atoms with E-state index in [2.05, 4.69) is 47.5 Å². The van der Waals surface area contributed by atoms with Crippen molar-refractivity contribution in [2.24, 2.45) is 0 Å². The molecule has 4 rings (SSSR count). The molecule has 4 heteroatoms. The van der Waals surface area contributed by atoms with E-state index in [9.17, 15) is 0 Å². The fourth-order valence-corrected chi connectivity index (χ4v) is 4.08. The van der Waals surface area contributed by atoms with E-state index in [1.807, 2.05) is 0 Å². The molecule has 0 aliphatic carbocycles. The number of hydrogen-bond acceptors (Lipinski definition) is 4. The van der Waals surface area contributed by atoms with E-state index in [4.69, 9.17) is 9.97 Å². The van der Waals surface area contributed by atoms with Crippen molar-refractivity contribution in [1.29, 1.82) is 0 Å². The van der Waals surface area contributed by atoms with Crippen LogP contribution in [0.25, 0.3) is 0 Å². The van der Waals surface area contributed by atoms with E-state index >= 15 is 0 Å². The monoisotopic (exact) mass is 336 g/mol. The highest BCUT2D eigenvalue weighted by Crippen LogP contribution is 2.29. The zero-order valence-electron chi connectivity index (χ0n) is 15.2. The van der Waals surface area contributed by atoms with Gasteiger partial charge in [-0.1, -0.05) is 30.3 Å². The minimum atomic E-state index is 0.577. The summed E-state index contributed by atoms with van der Waals surface area (Å²) in [5, 5.41) is 3.52. The summed E-state index contributed by atoms with van der Waals surface area (Å²) in [5.74, 6) is 2.19. The Labute approximate surface area is 150 Å². The molecule has 0 spiro atoms. The van der Waals surface area contributed by atoms with Gasteiger partial charge in [0.15, 0.2) is 0 Å². The van der Waals surface area contributed by atoms with E-state index in [0.717, 1.165) is 44.7 Å². The first-order valence-corrected chi connectivity index (χ1v) is 9.71. The first kappa shape index (κ1) is 16.5. The molecule has 2 aliphatic heterocycles. The molecule has 0 saturated carbocycles. The second-order valence-electron chi connectivity index (χ2n) is 7.34. The summed E-state index contributed by atoms with van der Waals surface area (Å²) in [7, 11) is 0. The summed E-state index contributed by atoms with van der Waals surface area (Å²) in [6.45, 7) is 5.52. The van der Waals surface area contributed by atoms with Gasteiger partial charge in [-0.25, -0.2) is 9.97 Å². The van der Waals surface area contributed by atoms with Crippen LogP contribution < -0.4 is 10.2 Å². The Bertz CT molecular complexity index is 713. The van der Waals surface area contributed by atoms with Crippen molar-refractivity contribution in [2.45, 2.75) is 51.5 Å². The number of rotatable bonds is 3. The molecule has 1 aromatic carbocycles. The van der Waals surface area contributed by atoms with Crippen LogP contribution in [-0.4, -0.2) is 35.6 Å². The van der Waals surface area contributed by atoms with Crippen molar-refractivity contribution in [3.8, 4) is 0 Å². The third-order valence-electron chi connectivity index (χ3n) is 5.49. The van der Waals surface area contributed by atoms with Gasteiger partial charge in [0.2, 0.25) is 0 Å². The Morgan fingerprint density at radius 1 is 1.08 bits per heavy atom. The van der Waals surface area contributed by atoms with Gasteiger partial charge >= 0.3 is 0 Å². The van der Waals surface area contributed by atoms with Gasteiger partial charge in [-0.15, -0.1) is 0 Å². The average Bonchev–Trinajstić information content (AvgIpc) is 2.88. The Kier molecular flexibility index (Phi) is 4.97. The zero-order chi connectivity index (χ0) is 17.1. The fraction of sp³-hybridized carbons (Fsp3) is 0.524. The number of piperidine rings is 1. The molecule has 132 valence electrons. The Balaban J connectivity index is 1.73. The number of anilines is 1. The second kappa shape index (κ2) is 7.52. The summed E-state index contributed by atoms with van der Waals surface area (Å²) in [6, 6.07) is 11.2. The van der Waals surface area contributed by atoms with Crippen LogP contribution >= 0.6 is 0 Å². The summed E-state index contributed by atoms with van der Waals surface area (Å²) in [5.41, 5.74) is 3.93. The molecule has 0 radical (unpaired) electrons. The number of hydrogen-bond donors (Lipinski definition) is 1. The highest BCUT2D eigenvalue weighted by molar-refractivity contribution is 5.51. The van der Waals surface area contributed by atoms with Gasteiger partial charge in [0, 0.05) is 37.5 Å². The fourth-order valence-electron chi connectivity index (χ4n) is 4.08. The maximum atomic E-state index is 5.08. The molecule has 1 saturated heterocycles. The summed E-state index contributed by atoms with van der Waals surface area (Å²) >= 11 is 0. The summed E-state index contributed by atoms with van der Waals surface area (Å²) in [6.07, 6.45) is 6.74. The SMILES string of the molecule is CC1CCCCN1c1nc(Cc2ccccc2)nc2c1CCNCC2. The molecule has 1 N–H and O–H groups in total. The molecular weight excluding hydrogens is 308 g/mol. The van der Waals surface area contributed by atoms with Crippen LogP contribution in [0.15, 0.2) is 30.3 Å². The van der Waals surface area contributed by atoms with Gasteiger partial charge in [0.1, 0.15) is 11.6 Å². The molecular formula is C21H28N4. The molecule has 2 aliphatic rings. The van der Waals surface area contributed by atoms with Crippen LogP contribution in [-0.2, 0) is 19.3 Å². The highest BCUT2D eigenvalue weighted by Gasteiger charge is 2.25. The predicted octanol–water partition coefficient (Wildman–Crippen LogP) is 3.13. The van der Waals surface area contributed by atoms with Crippen molar-refractivity contribution < 1.29 is 0 Å². The normalized spacial score (nSPS) is 20.8. The van der Waals surface area contributed by atoms with Crippen molar-refractivity contribution in [3.63, 3.8) is 0 Å². The minimum absolute atomic E-state index is 0.577. The molecule has 1 atom stereocenters. The number of fused-ring (bicyclic) bond motifs is 1. The van der Waals surface area contributed by atoms with Crippen LogP contribution in [0.5, 0.6) is 0 Å². The molecule has 1 unspecified atom stereocenters. The lowest BCUT2D eigenvalue weighted by Gasteiger charge is -2.36. The van der Waals surface area contributed by atoms with Crippen LogP contribution in [0, 0.1) is 0 Å². The van der Waals surface area contributed by atoms with Gasteiger partial charge in [0.05, 0.1) is 5.69 Å². The first-order valence-electron chi connectivity index (χ1n) is 9.71. The third-order valence-corrected chi connectivity index (χ3v) is 5.49. The van der Waals surface area contributed by atoms with E-state index in [1.54, 1.807) is 0 Å². The lowest BCUT2D eigenvalue weighted by Crippen LogP contribution is -2.39. The maximum absolute atomic E-state index is 5.08. The number of nitrogens with one attached hydrogen (secondary N) is 1.